The van der Waals surface area contributed by atoms with Gasteiger partial charge in [0.2, 0.25) is 5.91 Å². The van der Waals surface area contributed by atoms with Crippen LogP contribution in [0.25, 0.3) is 28.2 Å². The van der Waals surface area contributed by atoms with E-state index in [1.54, 1.807) is 6.33 Å². The first-order valence-corrected chi connectivity index (χ1v) is 10.7. The predicted octanol–water partition coefficient (Wildman–Crippen LogP) is 3.91. The SMILES string of the molecule is O=C1CCCN1CCCNc1nc(-c2ccccc2)nc2c1ncn2-c1ccccc1. The predicted molar refractivity (Wildman–Crippen MR) is 121 cm³/mol. The Hall–Kier alpha value is -3.74. The van der Waals surface area contributed by atoms with E-state index in [0.717, 1.165) is 48.3 Å². The van der Waals surface area contributed by atoms with Crippen molar-refractivity contribution in [1.82, 2.24) is 24.4 Å². The van der Waals surface area contributed by atoms with E-state index < -0.39 is 0 Å². The minimum atomic E-state index is 0.261. The lowest BCUT2D eigenvalue weighted by Crippen LogP contribution is -2.27. The Morgan fingerprint density at radius 3 is 2.48 bits per heavy atom. The lowest BCUT2D eigenvalue weighted by molar-refractivity contribution is -0.127. The molecule has 1 saturated heterocycles. The number of imidazole rings is 1. The van der Waals surface area contributed by atoms with Crippen LogP contribution in [0.4, 0.5) is 5.82 Å². The largest absolute Gasteiger partial charge is 0.368 e. The zero-order valence-corrected chi connectivity index (χ0v) is 17.2. The molecule has 7 heteroatoms. The van der Waals surface area contributed by atoms with Gasteiger partial charge in [-0.15, -0.1) is 0 Å². The van der Waals surface area contributed by atoms with Gasteiger partial charge in [0.05, 0.1) is 0 Å². The van der Waals surface area contributed by atoms with Gasteiger partial charge in [0.25, 0.3) is 0 Å². The van der Waals surface area contributed by atoms with Crippen LogP contribution in [-0.2, 0) is 4.79 Å². The number of likely N-dealkylation sites (tertiary alicyclic amines) is 1. The lowest BCUT2D eigenvalue weighted by Gasteiger charge is -2.15. The zero-order chi connectivity index (χ0) is 21.0. The highest BCUT2D eigenvalue weighted by Gasteiger charge is 2.19. The average Bonchev–Trinajstić information content (AvgIpc) is 3.44. The molecule has 0 atom stereocenters. The van der Waals surface area contributed by atoms with Crippen LogP contribution in [0.1, 0.15) is 19.3 Å². The highest BCUT2D eigenvalue weighted by molar-refractivity contribution is 5.86. The number of aromatic nitrogens is 4. The van der Waals surface area contributed by atoms with Crippen LogP contribution in [0.15, 0.2) is 67.0 Å². The van der Waals surface area contributed by atoms with Gasteiger partial charge in [-0.2, -0.15) is 0 Å². The molecule has 0 aliphatic carbocycles. The van der Waals surface area contributed by atoms with Crippen LogP contribution in [0.2, 0.25) is 0 Å². The molecule has 2 aromatic carbocycles. The van der Waals surface area contributed by atoms with E-state index in [1.165, 1.54) is 0 Å². The number of rotatable bonds is 7. The van der Waals surface area contributed by atoms with E-state index in [0.29, 0.717) is 24.6 Å². The van der Waals surface area contributed by atoms with Gasteiger partial charge in [0.15, 0.2) is 22.8 Å². The summed E-state index contributed by atoms with van der Waals surface area (Å²) in [4.78, 5) is 28.0. The summed E-state index contributed by atoms with van der Waals surface area (Å²) in [6, 6.07) is 20.0. The number of hydrogen-bond acceptors (Lipinski definition) is 5. The molecule has 1 amide bonds. The van der Waals surface area contributed by atoms with Gasteiger partial charge in [0, 0.05) is 37.3 Å². The molecule has 1 fully saturated rings. The second-order valence-corrected chi connectivity index (χ2v) is 7.65. The third kappa shape index (κ3) is 3.99. The molecule has 5 rings (SSSR count). The minimum Gasteiger partial charge on any atom is -0.368 e. The number of fused-ring (bicyclic) bond motifs is 1. The number of para-hydroxylation sites is 1. The quantitative estimate of drug-likeness (QED) is 0.466. The highest BCUT2D eigenvalue weighted by atomic mass is 16.2. The smallest absolute Gasteiger partial charge is 0.222 e. The third-order valence-electron chi connectivity index (χ3n) is 5.53. The molecule has 0 radical (unpaired) electrons. The van der Waals surface area contributed by atoms with Crippen molar-refractivity contribution in [3.05, 3.63) is 67.0 Å². The second-order valence-electron chi connectivity index (χ2n) is 7.65. The first-order chi connectivity index (χ1) is 15.3. The summed E-state index contributed by atoms with van der Waals surface area (Å²) in [7, 11) is 0. The molecule has 2 aromatic heterocycles. The lowest BCUT2D eigenvalue weighted by atomic mass is 10.2. The molecule has 0 spiro atoms. The molecule has 156 valence electrons. The summed E-state index contributed by atoms with van der Waals surface area (Å²) in [5.41, 5.74) is 3.45. The van der Waals surface area contributed by atoms with Gasteiger partial charge in [-0.05, 0) is 25.0 Å². The Morgan fingerprint density at radius 2 is 1.74 bits per heavy atom. The Morgan fingerprint density at radius 1 is 0.968 bits per heavy atom. The third-order valence-corrected chi connectivity index (χ3v) is 5.53. The van der Waals surface area contributed by atoms with Gasteiger partial charge in [-0.1, -0.05) is 48.5 Å². The molecule has 3 heterocycles. The summed E-state index contributed by atoms with van der Waals surface area (Å²) in [5.74, 6) is 1.63. The fourth-order valence-corrected chi connectivity index (χ4v) is 3.93. The fourth-order valence-electron chi connectivity index (χ4n) is 3.93. The van der Waals surface area contributed by atoms with E-state index >= 15 is 0 Å². The summed E-state index contributed by atoms with van der Waals surface area (Å²) in [6.45, 7) is 2.35. The molecule has 0 bridgehead atoms. The number of carbonyl (C=O) groups is 1. The van der Waals surface area contributed by atoms with Crippen LogP contribution in [-0.4, -0.2) is 50.0 Å². The van der Waals surface area contributed by atoms with Crippen LogP contribution < -0.4 is 5.32 Å². The van der Waals surface area contributed by atoms with Gasteiger partial charge >= 0.3 is 0 Å². The first-order valence-electron chi connectivity index (χ1n) is 10.7. The number of amides is 1. The van der Waals surface area contributed by atoms with Crippen molar-refractivity contribution in [2.24, 2.45) is 0 Å². The minimum absolute atomic E-state index is 0.261. The molecular formula is C24H24N6O. The average molecular weight is 412 g/mol. The van der Waals surface area contributed by atoms with Gasteiger partial charge in [0.1, 0.15) is 6.33 Å². The van der Waals surface area contributed by atoms with Crippen LogP contribution >= 0.6 is 0 Å². The Balaban J connectivity index is 1.46. The maximum absolute atomic E-state index is 11.8. The van der Waals surface area contributed by atoms with Crippen molar-refractivity contribution < 1.29 is 4.79 Å². The number of benzene rings is 2. The van der Waals surface area contributed by atoms with Crippen molar-refractivity contribution in [3.8, 4) is 17.1 Å². The molecule has 1 aliphatic rings. The number of carbonyl (C=O) groups excluding carboxylic acids is 1. The molecule has 1 N–H and O–H groups in total. The fraction of sp³-hybridized carbons (Fsp3) is 0.250. The van der Waals surface area contributed by atoms with Crippen molar-refractivity contribution in [2.45, 2.75) is 19.3 Å². The van der Waals surface area contributed by atoms with E-state index in [-0.39, 0.29) is 5.91 Å². The van der Waals surface area contributed by atoms with Crippen LogP contribution in [0.3, 0.4) is 0 Å². The van der Waals surface area contributed by atoms with Gasteiger partial charge in [-0.3, -0.25) is 9.36 Å². The van der Waals surface area contributed by atoms with Gasteiger partial charge < -0.3 is 10.2 Å². The van der Waals surface area contributed by atoms with Crippen molar-refractivity contribution in [2.75, 3.05) is 25.0 Å². The number of nitrogens with zero attached hydrogens (tertiary/aromatic N) is 5. The molecule has 0 unspecified atom stereocenters. The molecule has 0 saturated carbocycles. The monoisotopic (exact) mass is 412 g/mol. The second kappa shape index (κ2) is 8.55. The Kier molecular flexibility index (Phi) is 5.31. The Bertz CT molecular complexity index is 1190. The molecule has 31 heavy (non-hydrogen) atoms. The summed E-state index contributed by atoms with van der Waals surface area (Å²) in [5, 5.41) is 3.44. The van der Waals surface area contributed by atoms with Crippen LogP contribution in [0, 0.1) is 0 Å². The maximum Gasteiger partial charge on any atom is 0.222 e. The molecular weight excluding hydrogens is 388 g/mol. The topological polar surface area (TPSA) is 75.9 Å². The van der Waals surface area contributed by atoms with E-state index in [2.05, 4.69) is 10.3 Å². The molecule has 1 aliphatic heterocycles. The standard InChI is InChI=1S/C24H24N6O/c31-20-13-7-15-29(20)16-8-14-25-23-21-24(28-22(27-23)18-9-3-1-4-10-18)30(17-26-21)19-11-5-2-6-12-19/h1-6,9-12,17H,7-8,13-16H2,(H,25,27,28). The van der Waals surface area contributed by atoms with E-state index in [1.807, 2.05) is 70.1 Å². The normalized spacial score (nSPS) is 13.8. The number of hydrogen-bond donors (Lipinski definition) is 1. The number of anilines is 1. The van der Waals surface area contributed by atoms with Crippen molar-refractivity contribution in [1.29, 1.82) is 0 Å². The summed E-state index contributed by atoms with van der Waals surface area (Å²) < 4.78 is 1.98. The summed E-state index contributed by atoms with van der Waals surface area (Å²) >= 11 is 0. The van der Waals surface area contributed by atoms with Crippen molar-refractivity contribution in [3.63, 3.8) is 0 Å². The molecule has 7 nitrogen and oxygen atoms in total. The summed E-state index contributed by atoms with van der Waals surface area (Å²) in [6.07, 6.45) is 4.29. The van der Waals surface area contributed by atoms with E-state index in [9.17, 15) is 4.79 Å². The van der Waals surface area contributed by atoms with E-state index in [4.69, 9.17) is 9.97 Å². The Labute approximate surface area is 180 Å². The van der Waals surface area contributed by atoms with Crippen molar-refractivity contribution >= 4 is 22.9 Å². The first kappa shape index (κ1) is 19.2. The van der Waals surface area contributed by atoms with Crippen LogP contribution in [0.5, 0.6) is 0 Å². The number of nitrogens with one attached hydrogen (secondary N) is 1. The zero-order valence-electron chi connectivity index (χ0n) is 17.2. The maximum atomic E-state index is 11.8. The van der Waals surface area contributed by atoms with Gasteiger partial charge in [-0.25, -0.2) is 15.0 Å². The molecule has 4 aromatic rings. The highest BCUT2D eigenvalue weighted by Crippen LogP contribution is 2.26.